The van der Waals surface area contributed by atoms with E-state index in [1.54, 1.807) is 0 Å². The summed E-state index contributed by atoms with van der Waals surface area (Å²) in [6, 6.07) is 83.8. The summed E-state index contributed by atoms with van der Waals surface area (Å²) >= 11 is 0. The highest BCUT2D eigenvalue weighted by molar-refractivity contribution is 6.20. The highest BCUT2D eigenvalue weighted by atomic mass is 16.3. The van der Waals surface area contributed by atoms with Gasteiger partial charge in [0, 0.05) is 44.3 Å². The lowest BCUT2D eigenvalue weighted by molar-refractivity contribution is 0.669. The Morgan fingerprint density at radius 1 is 0.302 bits per heavy atom. The largest absolute Gasteiger partial charge is 0.456 e. The Hall–Kier alpha value is -8.40. The highest BCUT2D eigenvalue weighted by Crippen LogP contribution is 2.45. The third-order valence-electron chi connectivity index (χ3n) is 12.9. The third kappa shape index (κ3) is 5.82. The number of hydrogen-bond donors (Lipinski definition) is 0. The molecule has 3 heteroatoms. The van der Waals surface area contributed by atoms with Crippen LogP contribution in [0.2, 0.25) is 0 Å². The number of furan rings is 1. The lowest BCUT2D eigenvalue weighted by Gasteiger charge is -2.27. The van der Waals surface area contributed by atoms with Crippen LogP contribution in [0.25, 0.3) is 104 Å². The van der Waals surface area contributed by atoms with Crippen molar-refractivity contribution in [3.63, 3.8) is 0 Å². The van der Waals surface area contributed by atoms with E-state index >= 15 is 0 Å². The zero-order valence-electron chi connectivity index (χ0n) is 34.2. The van der Waals surface area contributed by atoms with E-state index in [1.807, 2.05) is 0 Å². The number of nitrogens with zero attached hydrogens (tertiary/aromatic N) is 2. The molecular formula is C60H38N2O. The predicted octanol–water partition coefficient (Wildman–Crippen LogP) is 16.9. The minimum Gasteiger partial charge on any atom is -0.456 e. The molecule has 2 heterocycles. The summed E-state index contributed by atoms with van der Waals surface area (Å²) in [5, 5.41) is 11.9. The number of benzene rings is 11. The van der Waals surface area contributed by atoms with Gasteiger partial charge < -0.3 is 13.9 Å². The SMILES string of the molecule is c1ccc(-c2cc(-c3ccccc3)cc(N(c3ccc4oc5ccc6ccccc6c5c4c3)c3ccc4c5cc6ccccc6cc5n(-c5ccc6ccccc6c5)c4c3)c2)cc1. The first-order chi connectivity index (χ1) is 31.2. The molecule has 3 nitrogen and oxygen atoms in total. The molecular weight excluding hydrogens is 765 g/mol. The van der Waals surface area contributed by atoms with Gasteiger partial charge in [0.25, 0.3) is 0 Å². The zero-order valence-corrected chi connectivity index (χ0v) is 34.2. The summed E-state index contributed by atoms with van der Waals surface area (Å²) < 4.78 is 9.02. The monoisotopic (exact) mass is 802 g/mol. The average Bonchev–Trinajstić information content (AvgIpc) is 3.88. The van der Waals surface area contributed by atoms with Crippen LogP contribution in [0.1, 0.15) is 0 Å². The van der Waals surface area contributed by atoms with Crippen molar-refractivity contribution >= 4 is 93.1 Å². The summed E-state index contributed by atoms with van der Waals surface area (Å²) in [6.07, 6.45) is 0. The van der Waals surface area contributed by atoms with Gasteiger partial charge in [0.1, 0.15) is 11.2 Å². The minimum atomic E-state index is 0.868. The smallest absolute Gasteiger partial charge is 0.136 e. The molecule has 13 aromatic rings. The van der Waals surface area contributed by atoms with Crippen molar-refractivity contribution < 1.29 is 4.42 Å². The number of hydrogen-bond acceptors (Lipinski definition) is 2. The van der Waals surface area contributed by atoms with E-state index < -0.39 is 0 Å². The molecule has 0 aliphatic heterocycles. The maximum Gasteiger partial charge on any atom is 0.136 e. The number of rotatable bonds is 6. The van der Waals surface area contributed by atoms with Crippen molar-refractivity contribution in [2.75, 3.05) is 4.90 Å². The maximum absolute atomic E-state index is 6.56. The Morgan fingerprint density at radius 2 is 0.873 bits per heavy atom. The molecule has 63 heavy (non-hydrogen) atoms. The predicted molar refractivity (Wildman–Crippen MR) is 266 cm³/mol. The fourth-order valence-electron chi connectivity index (χ4n) is 9.88. The molecule has 294 valence electrons. The molecule has 0 aliphatic rings. The van der Waals surface area contributed by atoms with E-state index in [9.17, 15) is 0 Å². The van der Waals surface area contributed by atoms with Crippen LogP contribution in [0.4, 0.5) is 17.1 Å². The van der Waals surface area contributed by atoms with Gasteiger partial charge in [0.05, 0.1) is 11.0 Å². The first-order valence-corrected chi connectivity index (χ1v) is 21.6. The first kappa shape index (κ1) is 35.4. The van der Waals surface area contributed by atoms with Crippen molar-refractivity contribution in [1.29, 1.82) is 0 Å². The van der Waals surface area contributed by atoms with Crippen LogP contribution in [-0.4, -0.2) is 4.57 Å². The molecule has 0 amide bonds. The standard InChI is InChI=1S/C60H38N2O/c1-3-13-39(14-4-1)46-31-47(40-15-5-2-6-16-40)34-51(33-46)61(49-27-30-58-55(37-49)60-52-22-12-11-18-42(52)24-29-59(60)63-58)50-26-28-53-54-35-44-20-9-10-21-45(44)36-56(54)62(57(53)38-50)48-25-23-41-17-7-8-19-43(41)32-48/h1-38H. The summed E-state index contributed by atoms with van der Waals surface area (Å²) in [6.45, 7) is 0. The Morgan fingerprint density at radius 3 is 1.62 bits per heavy atom. The van der Waals surface area contributed by atoms with Gasteiger partial charge in [0.15, 0.2) is 0 Å². The topological polar surface area (TPSA) is 21.3 Å². The second-order valence-corrected chi connectivity index (χ2v) is 16.6. The summed E-state index contributed by atoms with van der Waals surface area (Å²) in [4.78, 5) is 2.43. The van der Waals surface area contributed by atoms with Crippen LogP contribution < -0.4 is 4.90 Å². The molecule has 0 unspecified atom stereocenters. The van der Waals surface area contributed by atoms with Crippen molar-refractivity contribution in [1.82, 2.24) is 4.57 Å². The Bertz CT molecular complexity index is 3860. The fraction of sp³-hybridized carbons (Fsp3) is 0. The minimum absolute atomic E-state index is 0.868. The Labute approximate surface area is 363 Å². The molecule has 0 saturated heterocycles. The molecule has 11 aromatic carbocycles. The molecule has 2 aromatic heterocycles. The summed E-state index contributed by atoms with van der Waals surface area (Å²) in [5.74, 6) is 0. The normalized spacial score (nSPS) is 11.8. The van der Waals surface area contributed by atoms with Crippen molar-refractivity contribution in [3.05, 3.63) is 231 Å². The van der Waals surface area contributed by atoms with Gasteiger partial charge in [-0.1, -0.05) is 152 Å². The van der Waals surface area contributed by atoms with Gasteiger partial charge >= 0.3 is 0 Å². The van der Waals surface area contributed by atoms with E-state index in [2.05, 4.69) is 240 Å². The van der Waals surface area contributed by atoms with Crippen molar-refractivity contribution in [2.45, 2.75) is 0 Å². The highest BCUT2D eigenvalue weighted by Gasteiger charge is 2.22. The van der Waals surface area contributed by atoms with E-state index in [0.717, 1.165) is 72.5 Å². The molecule has 0 atom stereocenters. The molecule has 0 spiro atoms. The second-order valence-electron chi connectivity index (χ2n) is 16.6. The van der Waals surface area contributed by atoms with Crippen LogP contribution in [0.15, 0.2) is 235 Å². The van der Waals surface area contributed by atoms with Gasteiger partial charge in [-0.15, -0.1) is 0 Å². The summed E-state index contributed by atoms with van der Waals surface area (Å²) in [5.41, 5.74) is 13.0. The van der Waals surface area contributed by atoms with Crippen LogP contribution in [-0.2, 0) is 0 Å². The van der Waals surface area contributed by atoms with Crippen LogP contribution >= 0.6 is 0 Å². The van der Waals surface area contributed by atoms with E-state index in [-0.39, 0.29) is 0 Å². The fourth-order valence-corrected chi connectivity index (χ4v) is 9.88. The lowest BCUT2D eigenvalue weighted by atomic mass is 9.97. The molecule has 0 bridgehead atoms. The molecule has 13 rings (SSSR count). The second kappa shape index (κ2) is 14.1. The van der Waals surface area contributed by atoms with Crippen molar-refractivity contribution in [2.24, 2.45) is 0 Å². The van der Waals surface area contributed by atoms with E-state index in [1.165, 1.54) is 48.6 Å². The van der Waals surface area contributed by atoms with Crippen LogP contribution in [0, 0.1) is 0 Å². The molecule has 0 aliphatic carbocycles. The van der Waals surface area contributed by atoms with Crippen molar-refractivity contribution in [3.8, 4) is 27.9 Å². The third-order valence-corrected chi connectivity index (χ3v) is 12.9. The molecule has 0 saturated carbocycles. The number of aromatic nitrogens is 1. The molecule has 0 radical (unpaired) electrons. The van der Waals surface area contributed by atoms with Gasteiger partial charge in [0.2, 0.25) is 0 Å². The van der Waals surface area contributed by atoms with Gasteiger partial charge in [-0.25, -0.2) is 0 Å². The van der Waals surface area contributed by atoms with Crippen LogP contribution in [0.5, 0.6) is 0 Å². The number of fused-ring (bicyclic) bond motifs is 10. The molecule has 0 N–H and O–H groups in total. The van der Waals surface area contributed by atoms with Gasteiger partial charge in [-0.05, 0) is 133 Å². The zero-order chi connectivity index (χ0) is 41.4. The summed E-state index contributed by atoms with van der Waals surface area (Å²) in [7, 11) is 0. The Kier molecular flexibility index (Phi) is 7.91. The maximum atomic E-state index is 6.56. The Balaban J connectivity index is 1.12. The lowest BCUT2D eigenvalue weighted by Crippen LogP contribution is -2.10. The number of anilines is 3. The first-order valence-electron chi connectivity index (χ1n) is 21.6. The van der Waals surface area contributed by atoms with E-state index in [0.29, 0.717) is 0 Å². The van der Waals surface area contributed by atoms with E-state index in [4.69, 9.17) is 4.42 Å². The van der Waals surface area contributed by atoms with Gasteiger partial charge in [-0.2, -0.15) is 0 Å². The molecule has 0 fully saturated rings. The van der Waals surface area contributed by atoms with Gasteiger partial charge in [-0.3, -0.25) is 0 Å². The van der Waals surface area contributed by atoms with Crippen LogP contribution in [0.3, 0.4) is 0 Å². The average molecular weight is 803 g/mol. The quantitative estimate of drug-likeness (QED) is 0.167.